The number of hydrogen-bond donors (Lipinski definition) is 2. The zero-order valence-corrected chi connectivity index (χ0v) is 15.4. The van der Waals surface area contributed by atoms with Gasteiger partial charge in [-0.15, -0.1) is 23.7 Å². The molecule has 1 aliphatic rings. The summed E-state index contributed by atoms with van der Waals surface area (Å²) in [6.45, 7) is 1.43. The number of likely N-dealkylation sites (N-methyl/N-ethyl adjacent to an activating group) is 1. The summed E-state index contributed by atoms with van der Waals surface area (Å²) < 4.78 is 27.3. The summed E-state index contributed by atoms with van der Waals surface area (Å²) in [5.74, 6) is -0.224. The minimum absolute atomic E-state index is 0. The summed E-state index contributed by atoms with van der Waals surface area (Å²) in [5.41, 5.74) is 0. The van der Waals surface area contributed by atoms with E-state index in [9.17, 15) is 13.2 Å². The first-order chi connectivity index (χ1) is 9.40. The Morgan fingerprint density at radius 3 is 2.81 bits per heavy atom. The fraction of sp³-hybridized carbons (Fsp3) is 0.545. The highest BCUT2D eigenvalue weighted by Crippen LogP contribution is 2.25. The first kappa shape index (κ1) is 18.9. The lowest BCUT2D eigenvalue weighted by Gasteiger charge is -2.23. The van der Waals surface area contributed by atoms with E-state index in [1.807, 2.05) is 0 Å². The number of nitrogens with zero attached hydrogens (tertiary/aromatic N) is 1. The van der Waals surface area contributed by atoms with Crippen LogP contribution in [0, 0.1) is 0 Å². The van der Waals surface area contributed by atoms with Gasteiger partial charge in [0.25, 0.3) is 10.0 Å². The fourth-order valence-corrected chi connectivity index (χ4v) is 5.00. The molecule has 0 aliphatic carbocycles. The number of amides is 1. The van der Waals surface area contributed by atoms with Crippen molar-refractivity contribution in [3.05, 3.63) is 15.9 Å². The maximum Gasteiger partial charge on any atom is 0.250 e. The van der Waals surface area contributed by atoms with Crippen molar-refractivity contribution < 1.29 is 13.2 Å². The Balaban J connectivity index is 0.00000220. The number of rotatable bonds is 5. The van der Waals surface area contributed by atoms with E-state index in [1.54, 1.807) is 18.0 Å². The molecule has 0 saturated carbocycles. The molecule has 1 fully saturated rings. The lowest BCUT2D eigenvalue weighted by molar-refractivity contribution is -0.130. The van der Waals surface area contributed by atoms with Gasteiger partial charge in [-0.2, -0.15) is 0 Å². The summed E-state index contributed by atoms with van der Waals surface area (Å²) in [4.78, 5) is 13.6. The van der Waals surface area contributed by atoms with Gasteiger partial charge in [0.05, 0.1) is 10.3 Å². The van der Waals surface area contributed by atoms with Gasteiger partial charge in [-0.05, 0) is 41.0 Å². The van der Waals surface area contributed by atoms with Gasteiger partial charge in [-0.3, -0.25) is 4.79 Å². The van der Waals surface area contributed by atoms with Crippen LogP contribution in [0.15, 0.2) is 20.1 Å². The van der Waals surface area contributed by atoms with Gasteiger partial charge in [-0.25, -0.2) is 13.1 Å². The van der Waals surface area contributed by atoms with E-state index >= 15 is 0 Å². The second-order valence-corrected chi connectivity index (χ2v) is 8.99. The van der Waals surface area contributed by atoms with Crippen LogP contribution in [0.25, 0.3) is 0 Å². The Morgan fingerprint density at radius 1 is 1.57 bits per heavy atom. The van der Waals surface area contributed by atoms with E-state index in [2.05, 4.69) is 26.0 Å². The first-order valence-electron chi connectivity index (χ1n) is 6.11. The van der Waals surface area contributed by atoms with Crippen molar-refractivity contribution >= 4 is 55.6 Å². The van der Waals surface area contributed by atoms with E-state index in [4.69, 9.17) is 0 Å². The second kappa shape index (κ2) is 7.89. The van der Waals surface area contributed by atoms with Crippen molar-refractivity contribution in [3.8, 4) is 0 Å². The van der Waals surface area contributed by atoms with Crippen LogP contribution >= 0.6 is 39.7 Å². The van der Waals surface area contributed by atoms with Crippen molar-refractivity contribution in [3.63, 3.8) is 0 Å². The van der Waals surface area contributed by atoms with Crippen molar-refractivity contribution in [1.82, 2.24) is 14.9 Å². The van der Waals surface area contributed by atoms with Crippen LogP contribution in [0.1, 0.15) is 6.42 Å². The number of hydrogen-bond acceptors (Lipinski definition) is 5. The summed E-state index contributed by atoms with van der Waals surface area (Å²) in [6, 6.07) is 3.31. The molecular formula is C11H17BrClN3O3S2. The van der Waals surface area contributed by atoms with Crippen LogP contribution in [0.5, 0.6) is 0 Å². The molecule has 1 unspecified atom stereocenters. The average Bonchev–Trinajstić information content (AvgIpc) is 3.06. The molecule has 1 saturated heterocycles. The lowest BCUT2D eigenvalue weighted by Crippen LogP contribution is -2.44. The molecule has 2 heterocycles. The zero-order valence-electron chi connectivity index (χ0n) is 11.3. The molecule has 2 rings (SSSR count). The van der Waals surface area contributed by atoms with Crippen molar-refractivity contribution in [2.75, 3.05) is 26.7 Å². The van der Waals surface area contributed by atoms with Gasteiger partial charge in [0.1, 0.15) is 4.21 Å². The smallest absolute Gasteiger partial charge is 0.250 e. The molecule has 0 bridgehead atoms. The minimum atomic E-state index is -3.62. The van der Waals surface area contributed by atoms with Crippen molar-refractivity contribution in [2.24, 2.45) is 0 Å². The van der Waals surface area contributed by atoms with Gasteiger partial charge in [-0.1, -0.05) is 0 Å². The van der Waals surface area contributed by atoms with E-state index in [-0.39, 0.29) is 35.1 Å². The van der Waals surface area contributed by atoms with Crippen LogP contribution in [-0.2, 0) is 14.8 Å². The number of sulfonamides is 1. The molecule has 10 heteroatoms. The van der Waals surface area contributed by atoms with Crippen LogP contribution in [-0.4, -0.2) is 51.9 Å². The monoisotopic (exact) mass is 417 g/mol. The number of halogens is 2. The van der Waals surface area contributed by atoms with E-state index in [1.165, 1.54) is 6.07 Å². The molecule has 1 aromatic heterocycles. The molecule has 0 radical (unpaired) electrons. The largest absolute Gasteiger partial charge is 0.340 e. The summed E-state index contributed by atoms with van der Waals surface area (Å²) in [5, 5.41) is 3.17. The normalized spacial score (nSPS) is 18.3. The third kappa shape index (κ3) is 4.90. The molecule has 0 aromatic carbocycles. The van der Waals surface area contributed by atoms with E-state index in [0.29, 0.717) is 0 Å². The Bertz CT molecular complexity index is 587. The van der Waals surface area contributed by atoms with Crippen LogP contribution in [0.3, 0.4) is 0 Å². The Kier molecular flexibility index (Phi) is 7.08. The maximum atomic E-state index is 12.0. The predicted molar refractivity (Wildman–Crippen MR) is 88.5 cm³/mol. The lowest BCUT2D eigenvalue weighted by atomic mass is 10.2. The number of nitrogens with one attached hydrogen (secondary N) is 2. The molecule has 1 amide bonds. The molecule has 1 atom stereocenters. The second-order valence-electron chi connectivity index (χ2n) is 4.53. The van der Waals surface area contributed by atoms with Crippen LogP contribution in [0.2, 0.25) is 0 Å². The van der Waals surface area contributed by atoms with Crippen molar-refractivity contribution in [1.29, 1.82) is 0 Å². The molecule has 6 nitrogen and oxygen atoms in total. The SMILES string of the molecule is CN(C(=O)CNS(=O)(=O)c1ccc(Br)s1)C1CCNC1.Cl. The highest BCUT2D eigenvalue weighted by atomic mass is 79.9. The summed E-state index contributed by atoms with van der Waals surface area (Å²) in [6.07, 6.45) is 0.896. The van der Waals surface area contributed by atoms with Crippen molar-refractivity contribution in [2.45, 2.75) is 16.7 Å². The molecule has 0 spiro atoms. The maximum absolute atomic E-state index is 12.0. The summed E-state index contributed by atoms with van der Waals surface area (Å²) in [7, 11) is -1.91. The Hall–Kier alpha value is -0.190. The van der Waals surface area contributed by atoms with E-state index in [0.717, 1.165) is 34.6 Å². The third-order valence-electron chi connectivity index (χ3n) is 3.20. The number of thiophene rings is 1. The number of carbonyl (C=O) groups excluding carboxylic acids is 1. The van der Waals surface area contributed by atoms with E-state index < -0.39 is 10.0 Å². The molecule has 1 aromatic rings. The van der Waals surface area contributed by atoms with Gasteiger partial charge >= 0.3 is 0 Å². The molecule has 21 heavy (non-hydrogen) atoms. The quantitative estimate of drug-likeness (QED) is 0.749. The average molecular weight is 419 g/mol. The fourth-order valence-electron chi connectivity index (χ4n) is 1.97. The zero-order chi connectivity index (χ0) is 14.8. The van der Waals surface area contributed by atoms with Gasteiger partial charge in [0, 0.05) is 19.6 Å². The standard InChI is InChI=1S/C11H16BrN3O3S2.ClH/c1-15(8-4-5-13-6-8)10(16)7-14-20(17,18)11-3-2-9(12)19-11;/h2-3,8,13-14H,4-7H2,1H3;1H. The van der Waals surface area contributed by atoms with Gasteiger partial charge in [0.2, 0.25) is 5.91 Å². The van der Waals surface area contributed by atoms with Gasteiger partial charge < -0.3 is 10.2 Å². The molecular weight excluding hydrogens is 402 g/mol. The van der Waals surface area contributed by atoms with Crippen LogP contribution < -0.4 is 10.0 Å². The highest BCUT2D eigenvalue weighted by molar-refractivity contribution is 9.11. The molecule has 2 N–H and O–H groups in total. The minimum Gasteiger partial charge on any atom is -0.340 e. The molecule has 120 valence electrons. The van der Waals surface area contributed by atoms with Crippen LogP contribution in [0.4, 0.5) is 0 Å². The highest BCUT2D eigenvalue weighted by Gasteiger charge is 2.24. The summed E-state index contributed by atoms with van der Waals surface area (Å²) >= 11 is 4.33. The topological polar surface area (TPSA) is 78.5 Å². The molecule has 1 aliphatic heterocycles. The number of carbonyl (C=O) groups is 1. The Morgan fingerprint density at radius 2 is 2.29 bits per heavy atom. The Labute approximate surface area is 142 Å². The van der Waals surface area contributed by atoms with Gasteiger partial charge in [0.15, 0.2) is 0 Å². The third-order valence-corrected chi connectivity index (χ3v) is 6.72. The predicted octanol–water partition coefficient (Wildman–Crippen LogP) is 1.03. The first-order valence-corrected chi connectivity index (χ1v) is 9.21.